The van der Waals surface area contributed by atoms with Gasteiger partial charge in [0, 0.05) is 12.1 Å². The fraction of sp³-hybridized carbons (Fsp3) is 0.136. The summed E-state index contributed by atoms with van der Waals surface area (Å²) in [6, 6.07) is 25.3. The first-order valence-electron chi connectivity index (χ1n) is 8.31. The minimum absolute atomic E-state index is 0.105. The summed E-state index contributed by atoms with van der Waals surface area (Å²) in [5.41, 5.74) is 3.96. The zero-order valence-corrected chi connectivity index (χ0v) is 14.2. The summed E-state index contributed by atoms with van der Waals surface area (Å²) in [5, 5.41) is 2.95. The molecule has 0 atom stereocenters. The van der Waals surface area contributed by atoms with E-state index in [0.29, 0.717) is 24.5 Å². The third-order valence-electron chi connectivity index (χ3n) is 3.88. The normalized spacial score (nSPS) is 10.3. The van der Waals surface area contributed by atoms with Crippen LogP contribution in [0.15, 0.2) is 78.9 Å². The van der Waals surface area contributed by atoms with Crippen molar-refractivity contribution in [1.29, 1.82) is 0 Å². The van der Waals surface area contributed by atoms with Crippen LogP contribution in [0.5, 0.6) is 5.75 Å². The van der Waals surface area contributed by atoms with E-state index in [1.165, 1.54) is 5.56 Å². The maximum Gasteiger partial charge on any atom is 0.251 e. The van der Waals surface area contributed by atoms with Gasteiger partial charge in [-0.05, 0) is 36.2 Å². The van der Waals surface area contributed by atoms with Crippen molar-refractivity contribution >= 4 is 5.91 Å². The summed E-state index contributed by atoms with van der Waals surface area (Å²) in [6.45, 7) is 3.03. The predicted octanol–water partition coefficient (Wildman–Crippen LogP) is 4.50. The molecule has 25 heavy (non-hydrogen) atoms. The molecule has 0 bridgehead atoms. The molecule has 3 heteroatoms. The summed E-state index contributed by atoms with van der Waals surface area (Å²) >= 11 is 0. The molecule has 0 aromatic heterocycles. The number of ether oxygens (including phenoxy) is 1. The lowest BCUT2D eigenvalue weighted by molar-refractivity contribution is 0.0950. The van der Waals surface area contributed by atoms with Gasteiger partial charge in [0.05, 0.1) is 0 Å². The number of amides is 1. The molecule has 3 nitrogen and oxygen atoms in total. The van der Waals surface area contributed by atoms with Crippen LogP contribution in [0.2, 0.25) is 0 Å². The van der Waals surface area contributed by atoms with E-state index in [-0.39, 0.29) is 5.91 Å². The van der Waals surface area contributed by atoms with E-state index in [1.807, 2.05) is 67.6 Å². The van der Waals surface area contributed by atoms with Gasteiger partial charge in [0.2, 0.25) is 0 Å². The van der Waals surface area contributed by atoms with Gasteiger partial charge in [-0.1, -0.05) is 66.2 Å². The molecule has 0 aliphatic rings. The Morgan fingerprint density at radius 3 is 2.44 bits per heavy atom. The van der Waals surface area contributed by atoms with Crippen molar-refractivity contribution in [3.63, 3.8) is 0 Å². The second-order valence-electron chi connectivity index (χ2n) is 5.97. The fourth-order valence-electron chi connectivity index (χ4n) is 2.57. The molecule has 0 saturated carbocycles. The van der Waals surface area contributed by atoms with Gasteiger partial charge < -0.3 is 10.1 Å². The summed E-state index contributed by atoms with van der Waals surface area (Å²) in [5.74, 6) is 0.582. The molecule has 0 spiro atoms. The number of carbonyl (C=O) groups is 1. The van der Waals surface area contributed by atoms with Crippen molar-refractivity contribution in [2.75, 3.05) is 0 Å². The Morgan fingerprint density at radius 2 is 1.64 bits per heavy atom. The molecule has 126 valence electrons. The van der Waals surface area contributed by atoms with Crippen LogP contribution in [0.3, 0.4) is 0 Å². The van der Waals surface area contributed by atoms with E-state index in [1.54, 1.807) is 12.1 Å². The first-order valence-corrected chi connectivity index (χ1v) is 8.31. The van der Waals surface area contributed by atoms with Crippen molar-refractivity contribution < 1.29 is 9.53 Å². The maximum absolute atomic E-state index is 12.4. The monoisotopic (exact) mass is 331 g/mol. The minimum Gasteiger partial charge on any atom is -0.489 e. The lowest BCUT2D eigenvalue weighted by Crippen LogP contribution is -2.22. The number of nitrogens with one attached hydrogen (secondary N) is 1. The summed E-state index contributed by atoms with van der Waals surface area (Å²) in [7, 11) is 0. The minimum atomic E-state index is -0.105. The van der Waals surface area contributed by atoms with Gasteiger partial charge in [0.15, 0.2) is 0 Å². The van der Waals surface area contributed by atoms with Crippen LogP contribution in [0, 0.1) is 6.92 Å². The zero-order valence-electron chi connectivity index (χ0n) is 14.2. The summed E-state index contributed by atoms with van der Waals surface area (Å²) in [6.07, 6.45) is 0. The SMILES string of the molecule is Cc1cccc(CNC(=O)c2cccc(OCc3ccccc3)c2)c1. The quantitative estimate of drug-likeness (QED) is 0.722. The number of rotatable bonds is 6. The van der Waals surface area contributed by atoms with Gasteiger partial charge in [-0.3, -0.25) is 4.79 Å². The number of carbonyl (C=O) groups excluding carboxylic acids is 1. The Morgan fingerprint density at radius 1 is 0.880 bits per heavy atom. The first-order chi connectivity index (χ1) is 12.2. The molecule has 1 N–H and O–H groups in total. The molecule has 0 heterocycles. The van der Waals surface area contributed by atoms with E-state index in [0.717, 1.165) is 11.1 Å². The molecule has 0 saturated heterocycles. The fourth-order valence-corrected chi connectivity index (χ4v) is 2.57. The van der Waals surface area contributed by atoms with Crippen molar-refractivity contribution in [3.8, 4) is 5.75 Å². The van der Waals surface area contributed by atoms with Gasteiger partial charge in [0.25, 0.3) is 5.91 Å². The van der Waals surface area contributed by atoms with Crippen LogP contribution >= 0.6 is 0 Å². The standard InChI is InChI=1S/C22H21NO2/c1-17-7-5-10-19(13-17)15-23-22(24)20-11-6-12-21(14-20)25-16-18-8-3-2-4-9-18/h2-14H,15-16H2,1H3,(H,23,24). The highest BCUT2D eigenvalue weighted by Gasteiger charge is 2.07. The lowest BCUT2D eigenvalue weighted by atomic mass is 10.1. The van der Waals surface area contributed by atoms with Gasteiger partial charge in [-0.15, -0.1) is 0 Å². The molecule has 0 radical (unpaired) electrons. The van der Waals surface area contributed by atoms with E-state index in [9.17, 15) is 4.79 Å². The Kier molecular flexibility index (Phi) is 5.47. The summed E-state index contributed by atoms with van der Waals surface area (Å²) in [4.78, 5) is 12.4. The third kappa shape index (κ3) is 4.95. The van der Waals surface area contributed by atoms with E-state index >= 15 is 0 Å². The Balaban J connectivity index is 1.59. The van der Waals surface area contributed by atoms with Crippen LogP contribution in [-0.4, -0.2) is 5.91 Å². The third-order valence-corrected chi connectivity index (χ3v) is 3.88. The second kappa shape index (κ2) is 8.15. The van der Waals surface area contributed by atoms with E-state index < -0.39 is 0 Å². The van der Waals surface area contributed by atoms with E-state index in [4.69, 9.17) is 4.74 Å². The van der Waals surface area contributed by atoms with Gasteiger partial charge in [-0.2, -0.15) is 0 Å². The Bertz CT molecular complexity index is 843. The van der Waals surface area contributed by atoms with Crippen LogP contribution < -0.4 is 10.1 Å². The maximum atomic E-state index is 12.4. The zero-order chi connectivity index (χ0) is 17.5. The number of aryl methyl sites for hydroxylation is 1. The van der Waals surface area contributed by atoms with Gasteiger partial charge in [0.1, 0.15) is 12.4 Å². The first kappa shape index (κ1) is 16.8. The number of hydrogen-bond acceptors (Lipinski definition) is 2. The Hall–Kier alpha value is -3.07. The molecular formula is C22H21NO2. The average Bonchev–Trinajstić information content (AvgIpc) is 2.65. The van der Waals surface area contributed by atoms with Crippen molar-refractivity contribution in [3.05, 3.63) is 101 Å². The molecule has 3 aromatic rings. The van der Waals surface area contributed by atoms with Crippen LogP contribution in [0.25, 0.3) is 0 Å². The van der Waals surface area contributed by atoms with Crippen molar-refractivity contribution in [1.82, 2.24) is 5.32 Å². The van der Waals surface area contributed by atoms with Gasteiger partial charge in [-0.25, -0.2) is 0 Å². The molecule has 0 unspecified atom stereocenters. The lowest BCUT2D eigenvalue weighted by Gasteiger charge is -2.09. The highest BCUT2D eigenvalue weighted by atomic mass is 16.5. The summed E-state index contributed by atoms with van der Waals surface area (Å²) < 4.78 is 5.78. The molecule has 3 aromatic carbocycles. The predicted molar refractivity (Wildman–Crippen MR) is 99.6 cm³/mol. The molecule has 0 fully saturated rings. The molecule has 0 aliphatic heterocycles. The second-order valence-corrected chi connectivity index (χ2v) is 5.97. The Labute approximate surface area is 148 Å². The molecule has 3 rings (SSSR count). The van der Waals surface area contributed by atoms with Crippen LogP contribution in [0.1, 0.15) is 27.0 Å². The molecule has 0 aliphatic carbocycles. The molecular weight excluding hydrogens is 310 g/mol. The highest BCUT2D eigenvalue weighted by Crippen LogP contribution is 2.15. The van der Waals surface area contributed by atoms with Crippen molar-refractivity contribution in [2.24, 2.45) is 0 Å². The van der Waals surface area contributed by atoms with E-state index in [2.05, 4.69) is 11.4 Å². The number of hydrogen-bond donors (Lipinski definition) is 1. The largest absolute Gasteiger partial charge is 0.489 e. The van der Waals surface area contributed by atoms with Crippen molar-refractivity contribution in [2.45, 2.75) is 20.1 Å². The highest BCUT2D eigenvalue weighted by molar-refractivity contribution is 5.94. The average molecular weight is 331 g/mol. The van der Waals surface area contributed by atoms with Gasteiger partial charge >= 0.3 is 0 Å². The number of benzene rings is 3. The topological polar surface area (TPSA) is 38.3 Å². The smallest absolute Gasteiger partial charge is 0.251 e. The van der Waals surface area contributed by atoms with Crippen LogP contribution in [-0.2, 0) is 13.2 Å². The molecule has 1 amide bonds. The van der Waals surface area contributed by atoms with Crippen LogP contribution in [0.4, 0.5) is 0 Å².